The van der Waals surface area contributed by atoms with Crippen molar-refractivity contribution >= 4 is 12.0 Å². The summed E-state index contributed by atoms with van der Waals surface area (Å²) >= 11 is 0. The van der Waals surface area contributed by atoms with E-state index in [1.54, 1.807) is 17.9 Å². The van der Waals surface area contributed by atoms with Crippen molar-refractivity contribution in [3.8, 4) is 0 Å². The van der Waals surface area contributed by atoms with Gasteiger partial charge >= 0.3 is 12.0 Å². The summed E-state index contributed by atoms with van der Waals surface area (Å²) in [6.07, 6.45) is 3.81. The number of rotatable bonds is 4. The molecule has 1 fully saturated rings. The molecule has 0 aliphatic heterocycles. The molecule has 2 amide bonds. The highest BCUT2D eigenvalue weighted by molar-refractivity contribution is 5.79. The molecule has 114 valence electrons. The third-order valence-corrected chi connectivity index (χ3v) is 4.11. The first-order valence-electron chi connectivity index (χ1n) is 7.05. The van der Waals surface area contributed by atoms with E-state index in [4.69, 9.17) is 0 Å². The van der Waals surface area contributed by atoms with E-state index in [0.29, 0.717) is 19.4 Å². The Morgan fingerprint density at radius 3 is 2.55 bits per heavy atom. The van der Waals surface area contributed by atoms with Gasteiger partial charge in [-0.1, -0.05) is 12.5 Å². The number of hydrogen-bond donors (Lipinski definition) is 2. The van der Waals surface area contributed by atoms with Gasteiger partial charge in [0.1, 0.15) is 0 Å². The second-order valence-electron chi connectivity index (χ2n) is 6.69. The molecule has 2 N–H and O–H groups in total. The van der Waals surface area contributed by atoms with Gasteiger partial charge in [-0.2, -0.15) is 0 Å². The molecule has 0 spiro atoms. The molecule has 1 aliphatic carbocycles. The van der Waals surface area contributed by atoms with Crippen molar-refractivity contribution in [2.24, 2.45) is 5.41 Å². The number of aliphatic carboxylic acids is 1. The zero-order chi connectivity index (χ0) is 15.6. The van der Waals surface area contributed by atoms with Crippen molar-refractivity contribution in [2.45, 2.75) is 58.5 Å². The van der Waals surface area contributed by atoms with E-state index in [1.807, 2.05) is 20.8 Å². The first-order chi connectivity index (χ1) is 9.13. The summed E-state index contributed by atoms with van der Waals surface area (Å²) in [6.45, 7) is 11.7. The van der Waals surface area contributed by atoms with Crippen LogP contribution in [0.25, 0.3) is 0 Å². The van der Waals surface area contributed by atoms with Gasteiger partial charge in [-0.25, -0.2) is 4.79 Å². The van der Waals surface area contributed by atoms with Crippen LogP contribution in [0.15, 0.2) is 12.7 Å². The minimum atomic E-state index is -0.868. The molecule has 1 aliphatic rings. The number of hydrogen-bond acceptors (Lipinski definition) is 2. The van der Waals surface area contributed by atoms with Crippen LogP contribution >= 0.6 is 0 Å². The molecule has 1 saturated carbocycles. The highest BCUT2D eigenvalue weighted by Gasteiger charge is 2.46. The van der Waals surface area contributed by atoms with Crippen LogP contribution in [0.2, 0.25) is 0 Å². The van der Waals surface area contributed by atoms with Gasteiger partial charge in [0.2, 0.25) is 0 Å². The minimum Gasteiger partial charge on any atom is -0.481 e. The van der Waals surface area contributed by atoms with E-state index in [9.17, 15) is 14.7 Å². The SMILES string of the molecule is C=CCN(C(=O)NC1CCCC1(C)C(=O)O)C(C)(C)C. The maximum Gasteiger partial charge on any atom is 0.318 e. The fraction of sp³-hybridized carbons (Fsp3) is 0.733. The molecule has 0 aromatic rings. The van der Waals surface area contributed by atoms with Gasteiger partial charge in [0, 0.05) is 18.1 Å². The Kier molecular flexibility index (Phi) is 4.84. The third-order valence-electron chi connectivity index (χ3n) is 4.11. The van der Waals surface area contributed by atoms with Crippen LogP contribution in [0.3, 0.4) is 0 Å². The van der Waals surface area contributed by atoms with Crippen LogP contribution < -0.4 is 5.32 Å². The molecule has 2 atom stereocenters. The van der Waals surface area contributed by atoms with Crippen LogP contribution in [-0.4, -0.2) is 40.1 Å². The van der Waals surface area contributed by atoms with E-state index in [0.717, 1.165) is 6.42 Å². The summed E-state index contributed by atoms with van der Waals surface area (Å²) in [5.41, 5.74) is -1.20. The number of amides is 2. The molecular weight excluding hydrogens is 256 g/mol. The summed E-state index contributed by atoms with van der Waals surface area (Å²) < 4.78 is 0. The molecule has 0 radical (unpaired) electrons. The van der Waals surface area contributed by atoms with E-state index < -0.39 is 11.4 Å². The minimum absolute atomic E-state index is 0.225. The van der Waals surface area contributed by atoms with Gasteiger partial charge in [0.25, 0.3) is 0 Å². The van der Waals surface area contributed by atoms with Crippen LogP contribution in [0.1, 0.15) is 47.0 Å². The van der Waals surface area contributed by atoms with E-state index in [2.05, 4.69) is 11.9 Å². The van der Waals surface area contributed by atoms with Crippen molar-refractivity contribution in [1.29, 1.82) is 0 Å². The van der Waals surface area contributed by atoms with Crippen molar-refractivity contribution in [3.05, 3.63) is 12.7 Å². The smallest absolute Gasteiger partial charge is 0.318 e. The number of nitrogens with zero attached hydrogens (tertiary/aromatic N) is 1. The lowest BCUT2D eigenvalue weighted by molar-refractivity contribution is -0.148. The molecule has 0 aromatic heterocycles. The summed E-state index contributed by atoms with van der Waals surface area (Å²) in [5, 5.41) is 12.3. The van der Waals surface area contributed by atoms with E-state index in [1.165, 1.54) is 0 Å². The van der Waals surface area contributed by atoms with Crippen LogP contribution in [0, 0.1) is 5.41 Å². The molecule has 1 rings (SSSR count). The van der Waals surface area contributed by atoms with Crippen molar-refractivity contribution in [3.63, 3.8) is 0 Å². The largest absolute Gasteiger partial charge is 0.481 e. The zero-order valence-electron chi connectivity index (χ0n) is 12.9. The van der Waals surface area contributed by atoms with Gasteiger partial charge < -0.3 is 15.3 Å². The van der Waals surface area contributed by atoms with E-state index >= 15 is 0 Å². The maximum atomic E-state index is 12.4. The van der Waals surface area contributed by atoms with Gasteiger partial charge in [-0.05, 0) is 40.5 Å². The summed E-state index contributed by atoms with van der Waals surface area (Å²) in [4.78, 5) is 25.5. The Balaban J connectivity index is 2.83. The summed E-state index contributed by atoms with van der Waals surface area (Å²) in [5.74, 6) is -0.841. The molecule has 0 heterocycles. The lowest BCUT2D eigenvalue weighted by Gasteiger charge is -2.37. The lowest BCUT2D eigenvalue weighted by atomic mass is 9.85. The molecular formula is C15H26N2O3. The second-order valence-corrected chi connectivity index (χ2v) is 6.69. The molecule has 5 nitrogen and oxygen atoms in total. The fourth-order valence-corrected chi connectivity index (χ4v) is 2.67. The Bertz CT molecular complexity index is 400. The van der Waals surface area contributed by atoms with Gasteiger partial charge in [0.05, 0.1) is 5.41 Å². The van der Waals surface area contributed by atoms with Crippen LogP contribution in [0.5, 0.6) is 0 Å². The fourth-order valence-electron chi connectivity index (χ4n) is 2.67. The second kappa shape index (κ2) is 5.85. The number of urea groups is 1. The molecule has 2 unspecified atom stereocenters. The third kappa shape index (κ3) is 3.32. The first-order valence-corrected chi connectivity index (χ1v) is 7.05. The van der Waals surface area contributed by atoms with Gasteiger partial charge in [0.15, 0.2) is 0 Å². The van der Waals surface area contributed by atoms with Gasteiger partial charge in [-0.3, -0.25) is 4.79 Å². The van der Waals surface area contributed by atoms with Crippen molar-refractivity contribution < 1.29 is 14.7 Å². The Morgan fingerprint density at radius 2 is 2.10 bits per heavy atom. The van der Waals surface area contributed by atoms with Crippen molar-refractivity contribution in [1.82, 2.24) is 10.2 Å². The monoisotopic (exact) mass is 282 g/mol. The van der Waals surface area contributed by atoms with Gasteiger partial charge in [-0.15, -0.1) is 6.58 Å². The average Bonchev–Trinajstić information content (AvgIpc) is 2.67. The van der Waals surface area contributed by atoms with E-state index in [-0.39, 0.29) is 17.6 Å². The zero-order valence-corrected chi connectivity index (χ0v) is 12.9. The predicted octanol–water partition coefficient (Wildman–Crippen LogP) is 2.63. The van der Waals surface area contributed by atoms with Crippen molar-refractivity contribution in [2.75, 3.05) is 6.54 Å². The predicted molar refractivity (Wildman–Crippen MR) is 78.6 cm³/mol. The highest BCUT2D eigenvalue weighted by Crippen LogP contribution is 2.38. The average molecular weight is 282 g/mol. The lowest BCUT2D eigenvalue weighted by Crippen LogP contribution is -2.55. The molecule has 5 heteroatoms. The number of carbonyl (C=O) groups is 2. The first kappa shape index (κ1) is 16.5. The standard InChI is InChI=1S/C15H26N2O3/c1-6-10-17(14(2,3)4)13(20)16-11-8-7-9-15(11,5)12(18)19/h6,11H,1,7-10H2,2-5H3,(H,16,20)(H,18,19). The maximum absolute atomic E-state index is 12.4. The van der Waals surface area contributed by atoms with Crippen LogP contribution in [0.4, 0.5) is 4.79 Å². The topological polar surface area (TPSA) is 69.6 Å². The highest BCUT2D eigenvalue weighted by atomic mass is 16.4. The Labute approximate surface area is 121 Å². The molecule has 0 saturated heterocycles. The summed E-state index contributed by atoms with van der Waals surface area (Å²) in [6, 6.07) is -0.543. The number of carbonyl (C=O) groups excluding carboxylic acids is 1. The normalized spacial score (nSPS) is 26.1. The Hall–Kier alpha value is -1.52. The summed E-state index contributed by atoms with van der Waals surface area (Å²) in [7, 11) is 0. The molecule has 0 bridgehead atoms. The van der Waals surface area contributed by atoms with Crippen LogP contribution in [-0.2, 0) is 4.79 Å². The Morgan fingerprint density at radius 1 is 1.50 bits per heavy atom. The quantitative estimate of drug-likeness (QED) is 0.779. The number of nitrogens with one attached hydrogen (secondary N) is 1. The molecule has 20 heavy (non-hydrogen) atoms. The number of carboxylic acid groups (broad SMARTS) is 1. The number of carboxylic acids is 1. The molecule has 0 aromatic carbocycles.